The van der Waals surface area contributed by atoms with Crippen LogP contribution in [0.2, 0.25) is 0 Å². The molecule has 1 amide bonds. The molecular weight excluding hydrogens is 258 g/mol. The summed E-state index contributed by atoms with van der Waals surface area (Å²) in [5.74, 6) is -0.00580. The van der Waals surface area contributed by atoms with Crippen LogP contribution in [0.15, 0.2) is 12.1 Å². The van der Waals surface area contributed by atoms with Crippen LogP contribution in [0.25, 0.3) is 0 Å². The Labute approximate surface area is 119 Å². The van der Waals surface area contributed by atoms with Gasteiger partial charge in [-0.3, -0.25) is 9.59 Å². The van der Waals surface area contributed by atoms with Gasteiger partial charge in [-0.2, -0.15) is 0 Å². The highest BCUT2D eigenvalue weighted by Gasteiger charge is 2.15. The van der Waals surface area contributed by atoms with Gasteiger partial charge in [0.05, 0.1) is 7.11 Å². The lowest BCUT2D eigenvalue weighted by molar-refractivity contribution is -0.146. The van der Waals surface area contributed by atoms with E-state index in [0.29, 0.717) is 0 Å². The maximum absolute atomic E-state index is 11.9. The zero-order valence-corrected chi connectivity index (χ0v) is 12.6. The highest BCUT2D eigenvalue weighted by atomic mass is 16.5. The summed E-state index contributed by atoms with van der Waals surface area (Å²) in [6.07, 6.45) is 0. The lowest BCUT2D eigenvalue weighted by Crippen LogP contribution is -2.36. The molecule has 0 saturated heterocycles. The van der Waals surface area contributed by atoms with E-state index < -0.39 is 5.97 Å². The number of ether oxygens (including phenoxy) is 2. The fourth-order valence-corrected chi connectivity index (χ4v) is 1.98. The number of esters is 1. The highest BCUT2D eigenvalue weighted by Crippen LogP contribution is 2.24. The number of hydrogen-bond donors (Lipinski definition) is 0. The number of hydrogen-bond acceptors (Lipinski definition) is 4. The Morgan fingerprint density at radius 2 is 1.70 bits per heavy atom. The average molecular weight is 279 g/mol. The zero-order chi connectivity index (χ0) is 15.3. The minimum absolute atomic E-state index is 0.0788. The van der Waals surface area contributed by atoms with Crippen LogP contribution in [0.1, 0.15) is 16.7 Å². The van der Waals surface area contributed by atoms with Crippen molar-refractivity contribution in [3.63, 3.8) is 0 Å². The van der Waals surface area contributed by atoms with Gasteiger partial charge in [0.1, 0.15) is 12.3 Å². The standard InChI is InChI=1S/C15H21NO4/c1-10-6-11(2)15(12(3)7-10)20-9-13(17)16(4)8-14(18)19-5/h6-7H,8-9H2,1-5H3. The van der Waals surface area contributed by atoms with Gasteiger partial charge < -0.3 is 14.4 Å². The Hall–Kier alpha value is -2.04. The molecule has 0 atom stereocenters. The van der Waals surface area contributed by atoms with Crippen LogP contribution < -0.4 is 4.74 Å². The molecule has 0 unspecified atom stereocenters. The molecule has 0 aliphatic heterocycles. The Morgan fingerprint density at radius 1 is 1.15 bits per heavy atom. The van der Waals surface area contributed by atoms with Crippen LogP contribution in [-0.4, -0.2) is 44.1 Å². The van der Waals surface area contributed by atoms with E-state index in [1.54, 1.807) is 0 Å². The van der Waals surface area contributed by atoms with Gasteiger partial charge in [-0.05, 0) is 31.9 Å². The monoisotopic (exact) mass is 279 g/mol. The van der Waals surface area contributed by atoms with Gasteiger partial charge in [-0.15, -0.1) is 0 Å². The van der Waals surface area contributed by atoms with Gasteiger partial charge in [0.2, 0.25) is 0 Å². The molecule has 1 rings (SSSR count). The number of methoxy groups -OCH3 is 1. The molecular formula is C15H21NO4. The minimum atomic E-state index is -0.455. The van der Waals surface area contributed by atoms with Crippen LogP contribution in [0.3, 0.4) is 0 Å². The zero-order valence-electron chi connectivity index (χ0n) is 12.6. The van der Waals surface area contributed by atoms with Crippen LogP contribution in [0.5, 0.6) is 5.75 Å². The largest absolute Gasteiger partial charge is 0.483 e. The van der Waals surface area contributed by atoms with E-state index >= 15 is 0 Å². The van der Waals surface area contributed by atoms with Gasteiger partial charge in [0.15, 0.2) is 6.61 Å². The third kappa shape index (κ3) is 4.26. The molecule has 0 bridgehead atoms. The first-order valence-electron chi connectivity index (χ1n) is 6.36. The number of benzene rings is 1. The second kappa shape index (κ2) is 6.93. The van der Waals surface area contributed by atoms with E-state index in [-0.39, 0.29) is 19.1 Å². The Morgan fingerprint density at radius 3 is 2.20 bits per heavy atom. The van der Waals surface area contributed by atoms with E-state index in [2.05, 4.69) is 4.74 Å². The summed E-state index contributed by atoms with van der Waals surface area (Å²) in [6.45, 7) is 5.72. The van der Waals surface area contributed by atoms with E-state index in [4.69, 9.17) is 4.74 Å². The quantitative estimate of drug-likeness (QED) is 0.769. The van der Waals surface area contributed by atoms with Crippen LogP contribution >= 0.6 is 0 Å². The molecule has 5 heteroatoms. The summed E-state index contributed by atoms with van der Waals surface area (Å²) in [5, 5.41) is 0. The van der Waals surface area contributed by atoms with E-state index in [1.807, 2.05) is 32.9 Å². The number of likely N-dealkylation sites (N-methyl/N-ethyl adjacent to an activating group) is 1. The number of aryl methyl sites for hydroxylation is 3. The van der Waals surface area contributed by atoms with E-state index in [1.165, 1.54) is 19.1 Å². The minimum Gasteiger partial charge on any atom is -0.483 e. The van der Waals surface area contributed by atoms with Gasteiger partial charge in [-0.25, -0.2) is 0 Å². The van der Waals surface area contributed by atoms with Crippen molar-refractivity contribution in [3.8, 4) is 5.75 Å². The molecule has 0 radical (unpaired) electrons. The molecule has 1 aromatic carbocycles. The van der Waals surface area contributed by atoms with Crippen molar-refractivity contribution in [1.82, 2.24) is 4.90 Å². The molecule has 0 heterocycles. The summed E-state index contributed by atoms with van der Waals surface area (Å²) in [4.78, 5) is 24.2. The summed E-state index contributed by atoms with van der Waals surface area (Å²) in [5.41, 5.74) is 3.14. The average Bonchev–Trinajstić information content (AvgIpc) is 2.36. The lowest BCUT2D eigenvalue weighted by atomic mass is 10.1. The summed E-state index contributed by atoms with van der Waals surface area (Å²) < 4.78 is 10.1. The highest BCUT2D eigenvalue weighted by molar-refractivity contribution is 5.82. The van der Waals surface area contributed by atoms with Crippen molar-refractivity contribution in [2.45, 2.75) is 20.8 Å². The molecule has 0 fully saturated rings. The van der Waals surface area contributed by atoms with Crippen LogP contribution in [-0.2, 0) is 14.3 Å². The van der Waals surface area contributed by atoms with Crippen molar-refractivity contribution >= 4 is 11.9 Å². The predicted octanol–water partition coefficient (Wildman–Crippen LogP) is 1.62. The van der Waals surface area contributed by atoms with Gasteiger partial charge in [0, 0.05) is 7.05 Å². The molecule has 0 aliphatic rings. The third-order valence-electron chi connectivity index (χ3n) is 2.96. The summed E-state index contributed by atoms with van der Waals surface area (Å²) in [6, 6.07) is 4.01. The molecule has 20 heavy (non-hydrogen) atoms. The van der Waals surface area contributed by atoms with Crippen LogP contribution in [0.4, 0.5) is 0 Å². The fourth-order valence-electron chi connectivity index (χ4n) is 1.98. The topological polar surface area (TPSA) is 55.8 Å². The Kier molecular flexibility index (Phi) is 5.55. The van der Waals surface area contributed by atoms with E-state index in [0.717, 1.165) is 22.4 Å². The van der Waals surface area contributed by atoms with Crippen molar-refractivity contribution in [2.75, 3.05) is 27.3 Å². The SMILES string of the molecule is COC(=O)CN(C)C(=O)COc1c(C)cc(C)cc1C. The first-order chi connectivity index (χ1) is 9.35. The van der Waals surface area contributed by atoms with Crippen molar-refractivity contribution in [3.05, 3.63) is 28.8 Å². The number of amides is 1. The third-order valence-corrected chi connectivity index (χ3v) is 2.96. The Balaban J connectivity index is 2.63. The smallest absolute Gasteiger partial charge is 0.325 e. The molecule has 0 saturated carbocycles. The van der Waals surface area contributed by atoms with Gasteiger partial charge in [0.25, 0.3) is 5.91 Å². The second-order valence-corrected chi connectivity index (χ2v) is 4.84. The maximum Gasteiger partial charge on any atom is 0.325 e. The second-order valence-electron chi connectivity index (χ2n) is 4.84. The fraction of sp³-hybridized carbons (Fsp3) is 0.467. The molecule has 0 aliphatic carbocycles. The van der Waals surface area contributed by atoms with Gasteiger partial charge in [-0.1, -0.05) is 17.7 Å². The van der Waals surface area contributed by atoms with E-state index in [9.17, 15) is 9.59 Å². The number of nitrogens with zero attached hydrogens (tertiary/aromatic N) is 1. The molecule has 0 N–H and O–H groups in total. The molecule has 5 nitrogen and oxygen atoms in total. The normalized spacial score (nSPS) is 10.1. The van der Waals surface area contributed by atoms with Crippen LogP contribution in [0, 0.1) is 20.8 Å². The summed E-state index contributed by atoms with van der Waals surface area (Å²) in [7, 11) is 2.83. The maximum atomic E-state index is 11.9. The Bertz CT molecular complexity index is 488. The first kappa shape index (κ1) is 16.0. The number of carbonyl (C=O) groups is 2. The molecule has 110 valence electrons. The van der Waals surface area contributed by atoms with Gasteiger partial charge >= 0.3 is 5.97 Å². The molecule has 0 spiro atoms. The summed E-state index contributed by atoms with van der Waals surface area (Å²) >= 11 is 0. The molecule has 1 aromatic rings. The van der Waals surface area contributed by atoms with Crippen molar-refractivity contribution in [2.24, 2.45) is 0 Å². The first-order valence-corrected chi connectivity index (χ1v) is 6.36. The number of carbonyl (C=O) groups excluding carboxylic acids is 2. The van der Waals surface area contributed by atoms with Crippen molar-refractivity contribution in [1.29, 1.82) is 0 Å². The van der Waals surface area contributed by atoms with Crippen molar-refractivity contribution < 1.29 is 19.1 Å². The number of rotatable bonds is 5. The molecule has 0 aromatic heterocycles. The lowest BCUT2D eigenvalue weighted by Gasteiger charge is -2.17. The predicted molar refractivity (Wildman–Crippen MR) is 75.8 cm³/mol.